The third kappa shape index (κ3) is 4.97. The molecule has 1 aliphatic heterocycles. The van der Waals surface area contributed by atoms with E-state index in [9.17, 15) is 4.79 Å². The lowest BCUT2D eigenvalue weighted by atomic mass is 10.1. The Hall–Kier alpha value is -2.71. The molecule has 3 heterocycles. The van der Waals surface area contributed by atoms with Gasteiger partial charge in [-0.2, -0.15) is 4.98 Å². The van der Waals surface area contributed by atoms with Gasteiger partial charge in [-0.05, 0) is 43.5 Å². The number of aromatic nitrogens is 4. The van der Waals surface area contributed by atoms with Gasteiger partial charge in [-0.15, -0.1) is 0 Å². The standard InChI is InChI=1S/C23H31N5O3/c1-3-10-27-20-15-24-22(31-14-13-30-2)25-21(20)28(23(27)29)17-19-8-6-18(7-9-19)16-26-11-4-5-12-26/h6-9,15H,3-5,10-14,16-17H2,1-2H3. The summed E-state index contributed by atoms with van der Waals surface area (Å²) < 4.78 is 14.0. The van der Waals surface area contributed by atoms with E-state index in [1.807, 2.05) is 0 Å². The van der Waals surface area contributed by atoms with Crippen LogP contribution in [0, 0.1) is 0 Å². The Labute approximate surface area is 182 Å². The van der Waals surface area contributed by atoms with Crippen molar-refractivity contribution in [3.05, 3.63) is 52.1 Å². The Bertz CT molecular complexity index is 1050. The Morgan fingerprint density at radius 2 is 1.71 bits per heavy atom. The van der Waals surface area contributed by atoms with Gasteiger partial charge >= 0.3 is 11.7 Å². The summed E-state index contributed by atoms with van der Waals surface area (Å²) >= 11 is 0. The monoisotopic (exact) mass is 425 g/mol. The molecule has 0 radical (unpaired) electrons. The molecule has 1 saturated heterocycles. The molecule has 1 aliphatic rings. The summed E-state index contributed by atoms with van der Waals surface area (Å²) in [5, 5.41) is 0. The van der Waals surface area contributed by atoms with Gasteiger partial charge in [-0.1, -0.05) is 31.2 Å². The van der Waals surface area contributed by atoms with Crippen molar-refractivity contribution >= 4 is 11.2 Å². The van der Waals surface area contributed by atoms with Crippen LogP contribution in [0.5, 0.6) is 6.01 Å². The molecule has 8 heteroatoms. The summed E-state index contributed by atoms with van der Waals surface area (Å²) in [5.41, 5.74) is 3.64. The largest absolute Gasteiger partial charge is 0.461 e. The second-order valence-corrected chi connectivity index (χ2v) is 8.02. The van der Waals surface area contributed by atoms with Crippen molar-refractivity contribution in [2.45, 2.75) is 45.8 Å². The van der Waals surface area contributed by atoms with E-state index in [1.54, 1.807) is 22.4 Å². The summed E-state index contributed by atoms with van der Waals surface area (Å²) in [6, 6.07) is 8.81. The number of imidazole rings is 1. The number of aryl methyl sites for hydroxylation is 1. The summed E-state index contributed by atoms with van der Waals surface area (Å²) in [7, 11) is 1.62. The lowest BCUT2D eigenvalue weighted by molar-refractivity contribution is 0.141. The number of hydrogen-bond acceptors (Lipinski definition) is 6. The minimum absolute atomic E-state index is 0.0682. The third-order valence-electron chi connectivity index (χ3n) is 5.67. The van der Waals surface area contributed by atoms with Crippen LogP contribution in [0.2, 0.25) is 0 Å². The highest BCUT2D eigenvalue weighted by molar-refractivity contribution is 5.71. The number of benzene rings is 1. The summed E-state index contributed by atoms with van der Waals surface area (Å²) in [6.07, 6.45) is 5.12. The fourth-order valence-electron chi connectivity index (χ4n) is 4.08. The first-order valence-corrected chi connectivity index (χ1v) is 11.1. The molecular formula is C23H31N5O3. The lowest BCUT2D eigenvalue weighted by Gasteiger charge is -2.14. The molecule has 1 aromatic carbocycles. The number of ether oxygens (including phenoxy) is 2. The van der Waals surface area contributed by atoms with Crippen molar-refractivity contribution in [1.29, 1.82) is 0 Å². The molecule has 0 saturated carbocycles. The maximum absolute atomic E-state index is 13.1. The first-order chi connectivity index (χ1) is 15.2. The number of methoxy groups -OCH3 is 1. The normalized spacial score (nSPS) is 14.5. The molecule has 1 fully saturated rings. The van der Waals surface area contributed by atoms with Crippen LogP contribution < -0.4 is 10.4 Å². The van der Waals surface area contributed by atoms with Crippen LogP contribution >= 0.6 is 0 Å². The zero-order valence-corrected chi connectivity index (χ0v) is 18.4. The minimum atomic E-state index is -0.0682. The van der Waals surface area contributed by atoms with Crippen molar-refractivity contribution in [3.63, 3.8) is 0 Å². The van der Waals surface area contributed by atoms with Crippen LogP contribution in [0.3, 0.4) is 0 Å². The van der Waals surface area contributed by atoms with Gasteiger partial charge in [0.2, 0.25) is 0 Å². The van der Waals surface area contributed by atoms with Crippen molar-refractivity contribution in [1.82, 2.24) is 24.0 Å². The van der Waals surface area contributed by atoms with Crippen molar-refractivity contribution in [2.24, 2.45) is 0 Å². The zero-order valence-electron chi connectivity index (χ0n) is 18.4. The molecule has 166 valence electrons. The average Bonchev–Trinajstić information content (AvgIpc) is 3.38. The molecular weight excluding hydrogens is 394 g/mol. The maximum Gasteiger partial charge on any atom is 0.330 e. The predicted molar refractivity (Wildman–Crippen MR) is 120 cm³/mol. The predicted octanol–water partition coefficient (Wildman–Crippen LogP) is 2.67. The first-order valence-electron chi connectivity index (χ1n) is 11.1. The van der Waals surface area contributed by atoms with Gasteiger partial charge in [0, 0.05) is 20.2 Å². The highest BCUT2D eigenvalue weighted by atomic mass is 16.5. The molecule has 31 heavy (non-hydrogen) atoms. The van der Waals surface area contributed by atoms with Gasteiger partial charge in [0.15, 0.2) is 5.65 Å². The number of rotatable bonds is 10. The van der Waals surface area contributed by atoms with E-state index in [4.69, 9.17) is 9.47 Å². The average molecular weight is 426 g/mol. The molecule has 0 bridgehead atoms. The van der Waals surface area contributed by atoms with Crippen LogP contribution in [0.25, 0.3) is 11.2 Å². The SMILES string of the molecule is CCCn1c(=O)n(Cc2ccc(CN3CCCC3)cc2)c2nc(OCCOC)ncc21. The molecule has 8 nitrogen and oxygen atoms in total. The maximum atomic E-state index is 13.1. The summed E-state index contributed by atoms with van der Waals surface area (Å²) in [6.45, 7) is 7.32. The molecule has 4 rings (SSSR count). The molecule has 3 aromatic rings. The van der Waals surface area contributed by atoms with E-state index in [2.05, 4.69) is 46.1 Å². The van der Waals surface area contributed by atoms with Crippen LogP contribution in [0.4, 0.5) is 0 Å². The molecule has 0 atom stereocenters. The second kappa shape index (κ2) is 10.1. The van der Waals surface area contributed by atoms with E-state index in [0.29, 0.717) is 32.0 Å². The van der Waals surface area contributed by atoms with E-state index >= 15 is 0 Å². The smallest absolute Gasteiger partial charge is 0.330 e. The van der Waals surface area contributed by atoms with E-state index in [-0.39, 0.29) is 11.7 Å². The molecule has 0 N–H and O–H groups in total. The van der Waals surface area contributed by atoms with Crippen LogP contribution in [-0.4, -0.2) is 57.4 Å². The topological polar surface area (TPSA) is 74.4 Å². The zero-order chi connectivity index (χ0) is 21.6. The van der Waals surface area contributed by atoms with Gasteiger partial charge in [0.1, 0.15) is 12.1 Å². The van der Waals surface area contributed by atoms with Crippen molar-refractivity contribution in [3.8, 4) is 6.01 Å². The van der Waals surface area contributed by atoms with Gasteiger partial charge in [-0.25, -0.2) is 9.78 Å². The quantitative estimate of drug-likeness (QED) is 0.465. The van der Waals surface area contributed by atoms with Crippen molar-refractivity contribution in [2.75, 3.05) is 33.4 Å². The molecule has 0 unspecified atom stereocenters. The van der Waals surface area contributed by atoms with Crippen LogP contribution in [0.1, 0.15) is 37.3 Å². The lowest BCUT2D eigenvalue weighted by Crippen LogP contribution is -2.25. The number of fused-ring (bicyclic) bond motifs is 1. The van der Waals surface area contributed by atoms with Crippen LogP contribution in [-0.2, 0) is 24.4 Å². The highest BCUT2D eigenvalue weighted by Gasteiger charge is 2.17. The summed E-state index contributed by atoms with van der Waals surface area (Å²) in [4.78, 5) is 24.4. The van der Waals surface area contributed by atoms with Gasteiger partial charge in [0.05, 0.1) is 19.3 Å². The molecule has 0 spiro atoms. The van der Waals surface area contributed by atoms with Crippen LogP contribution in [0.15, 0.2) is 35.3 Å². The van der Waals surface area contributed by atoms with E-state index in [0.717, 1.165) is 24.0 Å². The van der Waals surface area contributed by atoms with Gasteiger partial charge in [0.25, 0.3) is 0 Å². The fourth-order valence-corrected chi connectivity index (χ4v) is 4.08. The van der Waals surface area contributed by atoms with E-state index < -0.39 is 0 Å². The fraction of sp³-hybridized carbons (Fsp3) is 0.522. The Morgan fingerprint density at radius 1 is 1.00 bits per heavy atom. The van der Waals surface area contributed by atoms with E-state index in [1.165, 1.54) is 31.5 Å². The number of likely N-dealkylation sites (tertiary alicyclic amines) is 1. The number of hydrogen-bond donors (Lipinski definition) is 0. The number of nitrogens with zero attached hydrogens (tertiary/aromatic N) is 5. The minimum Gasteiger partial charge on any atom is -0.461 e. The summed E-state index contributed by atoms with van der Waals surface area (Å²) in [5.74, 6) is 0. The van der Waals surface area contributed by atoms with Gasteiger partial charge < -0.3 is 9.47 Å². The Balaban J connectivity index is 1.59. The molecule has 2 aromatic heterocycles. The van der Waals surface area contributed by atoms with Crippen molar-refractivity contribution < 1.29 is 9.47 Å². The van der Waals surface area contributed by atoms with Gasteiger partial charge in [-0.3, -0.25) is 14.0 Å². The second-order valence-electron chi connectivity index (χ2n) is 8.02. The highest BCUT2D eigenvalue weighted by Crippen LogP contribution is 2.17. The first kappa shape index (κ1) is 21.5. The Morgan fingerprint density at radius 3 is 2.39 bits per heavy atom. The third-order valence-corrected chi connectivity index (χ3v) is 5.67. The molecule has 0 aliphatic carbocycles. The molecule has 0 amide bonds. The Kier molecular flexibility index (Phi) is 6.99.